The van der Waals surface area contributed by atoms with Gasteiger partial charge in [-0.1, -0.05) is 18.7 Å². The molecule has 0 unspecified atom stereocenters. The molecule has 2 aromatic heterocycles. The Hall–Kier alpha value is -3.19. The van der Waals surface area contributed by atoms with Gasteiger partial charge in [0.25, 0.3) is 0 Å². The van der Waals surface area contributed by atoms with Crippen LogP contribution in [0.4, 0.5) is 0 Å². The number of benzene rings is 1. The molecular weight excluding hydrogens is 342 g/mol. The second-order valence-corrected chi connectivity index (χ2v) is 6.76. The van der Waals surface area contributed by atoms with Crippen molar-refractivity contribution in [2.75, 3.05) is 26.7 Å². The number of nitrogens with one attached hydrogen (secondary N) is 1. The van der Waals surface area contributed by atoms with Gasteiger partial charge >= 0.3 is 0 Å². The predicted octanol–water partition coefficient (Wildman–Crippen LogP) is 2.33. The van der Waals surface area contributed by atoms with Crippen LogP contribution < -0.4 is 0 Å². The molecule has 1 aliphatic rings. The van der Waals surface area contributed by atoms with Crippen LogP contribution in [0.1, 0.15) is 11.7 Å². The van der Waals surface area contributed by atoms with Gasteiger partial charge in [-0.05, 0) is 37.4 Å². The van der Waals surface area contributed by atoms with Crippen LogP contribution in [-0.2, 0) is 4.79 Å². The number of rotatable bonds is 3. The van der Waals surface area contributed by atoms with E-state index in [4.69, 9.17) is 0 Å². The molecule has 0 radical (unpaired) electrons. The third-order valence-electron chi connectivity index (χ3n) is 5.07. The maximum atomic E-state index is 12.0. The number of phenols is 1. The number of hydrogen-bond donors (Lipinski definition) is 2. The van der Waals surface area contributed by atoms with Gasteiger partial charge in [-0.25, -0.2) is 0 Å². The van der Waals surface area contributed by atoms with Gasteiger partial charge in [-0.2, -0.15) is 0 Å². The van der Waals surface area contributed by atoms with Gasteiger partial charge in [0.05, 0.1) is 11.7 Å². The van der Waals surface area contributed by atoms with Crippen molar-refractivity contribution in [1.82, 2.24) is 25.0 Å². The first-order chi connectivity index (χ1) is 13.1. The van der Waals surface area contributed by atoms with Gasteiger partial charge in [-0.15, -0.1) is 10.2 Å². The lowest BCUT2D eigenvalue weighted by atomic mass is 10.1. The topological polar surface area (TPSA) is 85.3 Å². The minimum absolute atomic E-state index is 0.0467. The fourth-order valence-corrected chi connectivity index (χ4v) is 3.49. The quantitative estimate of drug-likeness (QED) is 0.698. The Bertz CT molecular complexity index is 1010. The molecule has 0 saturated carbocycles. The lowest BCUT2D eigenvalue weighted by Crippen LogP contribution is -2.48. The number of likely N-dealkylation sites (N-methyl/N-ethyl adjacent to an activating group) is 1. The van der Waals surface area contributed by atoms with E-state index in [-0.39, 0.29) is 17.7 Å². The Kier molecular flexibility index (Phi) is 4.37. The number of hydrogen-bond acceptors (Lipinski definition) is 5. The second kappa shape index (κ2) is 6.85. The van der Waals surface area contributed by atoms with E-state index in [0.717, 1.165) is 17.6 Å². The molecule has 3 aromatic rings. The molecule has 1 saturated heterocycles. The molecule has 2 N–H and O–H groups in total. The molecule has 1 fully saturated rings. The van der Waals surface area contributed by atoms with Crippen molar-refractivity contribution in [3.05, 3.63) is 54.7 Å². The Morgan fingerprint density at radius 3 is 2.89 bits per heavy atom. The van der Waals surface area contributed by atoms with E-state index < -0.39 is 0 Å². The molecule has 4 rings (SSSR count). The number of fused-ring (bicyclic) bond motifs is 1. The van der Waals surface area contributed by atoms with Crippen LogP contribution in [0.15, 0.2) is 49.1 Å². The summed E-state index contributed by atoms with van der Waals surface area (Å²) in [6, 6.07) is 11.1. The third-order valence-corrected chi connectivity index (χ3v) is 5.07. The van der Waals surface area contributed by atoms with Crippen molar-refractivity contribution in [1.29, 1.82) is 0 Å². The zero-order valence-electron chi connectivity index (χ0n) is 15.1. The van der Waals surface area contributed by atoms with Crippen LogP contribution in [0.2, 0.25) is 0 Å². The number of phenolic OH excluding ortho intramolecular Hbond substituents is 1. The molecule has 7 heteroatoms. The summed E-state index contributed by atoms with van der Waals surface area (Å²) in [5.74, 6) is 0.123. The van der Waals surface area contributed by atoms with Gasteiger partial charge in [-0.3, -0.25) is 9.69 Å². The number of H-pyrrole nitrogens is 1. The lowest BCUT2D eigenvalue weighted by molar-refractivity contribution is -0.128. The molecule has 7 nitrogen and oxygen atoms in total. The molecule has 27 heavy (non-hydrogen) atoms. The summed E-state index contributed by atoms with van der Waals surface area (Å²) in [4.78, 5) is 19.3. The molecule has 0 bridgehead atoms. The molecular formula is C20H21N5O2. The van der Waals surface area contributed by atoms with Gasteiger partial charge in [0.2, 0.25) is 5.91 Å². The van der Waals surface area contributed by atoms with E-state index in [2.05, 4.69) is 26.7 Å². The summed E-state index contributed by atoms with van der Waals surface area (Å²) in [5, 5.41) is 19.5. The predicted molar refractivity (Wildman–Crippen MR) is 103 cm³/mol. The van der Waals surface area contributed by atoms with Crippen molar-refractivity contribution in [2.24, 2.45) is 0 Å². The summed E-state index contributed by atoms with van der Waals surface area (Å²) in [5.41, 5.74) is 2.93. The Balaban J connectivity index is 1.68. The van der Waals surface area contributed by atoms with Crippen molar-refractivity contribution in [2.45, 2.75) is 6.04 Å². The Morgan fingerprint density at radius 1 is 1.30 bits per heavy atom. The first kappa shape index (κ1) is 17.2. The van der Waals surface area contributed by atoms with Crippen LogP contribution in [-0.4, -0.2) is 62.7 Å². The molecule has 1 amide bonds. The van der Waals surface area contributed by atoms with E-state index >= 15 is 0 Å². The van der Waals surface area contributed by atoms with Crippen molar-refractivity contribution < 1.29 is 9.90 Å². The van der Waals surface area contributed by atoms with Crippen LogP contribution in [0.5, 0.6) is 5.75 Å². The monoisotopic (exact) mass is 363 g/mol. The molecule has 0 spiro atoms. The summed E-state index contributed by atoms with van der Waals surface area (Å²) in [6.07, 6.45) is 1.36. The standard InChI is InChI=1S/C20H21N5O2/c1-3-19(27)25-9-8-24(2)17(12-25)16-11-13-10-15(22-23-20(13)21-16)14-6-4-5-7-18(14)26/h3-7,10-11,17,26H,1,8-9,12H2,2H3,(H,21,23)/t17-/m0/s1. The first-order valence-corrected chi connectivity index (χ1v) is 8.83. The first-order valence-electron chi connectivity index (χ1n) is 8.83. The highest BCUT2D eigenvalue weighted by atomic mass is 16.3. The molecule has 0 aliphatic carbocycles. The number of aromatic amines is 1. The molecule has 138 valence electrons. The van der Waals surface area contributed by atoms with Crippen LogP contribution in [0.25, 0.3) is 22.3 Å². The van der Waals surface area contributed by atoms with Crippen molar-refractivity contribution in [3.63, 3.8) is 0 Å². The number of aromatic hydroxyl groups is 1. The van der Waals surface area contributed by atoms with E-state index in [1.54, 1.807) is 12.1 Å². The van der Waals surface area contributed by atoms with Gasteiger partial charge in [0.15, 0.2) is 5.65 Å². The van der Waals surface area contributed by atoms with Gasteiger partial charge in [0, 0.05) is 36.3 Å². The maximum absolute atomic E-state index is 12.0. The SMILES string of the molecule is C=CC(=O)N1CCN(C)[C@H](c2cc3cc(-c4ccccc4O)nnc3[nH]2)C1. The lowest BCUT2D eigenvalue weighted by Gasteiger charge is -2.38. The zero-order chi connectivity index (χ0) is 19.0. The van der Waals surface area contributed by atoms with E-state index in [1.165, 1.54) is 6.08 Å². The van der Waals surface area contributed by atoms with Crippen LogP contribution in [0, 0.1) is 0 Å². The Labute approximate surface area is 156 Å². The summed E-state index contributed by atoms with van der Waals surface area (Å²) < 4.78 is 0. The van der Waals surface area contributed by atoms with Crippen molar-refractivity contribution in [3.8, 4) is 17.0 Å². The van der Waals surface area contributed by atoms with Crippen LogP contribution in [0.3, 0.4) is 0 Å². The number of amides is 1. The molecule has 3 heterocycles. The highest BCUT2D eigenvalue weighted by Crippen LogP contribution is 2.30. The van der Waals surface area contributed by atoms with Crippen LogP contribution >= 0.6 is 0 Å². The highest BCUT2D eigenvalue weighted by Gasteiger charge is 2.28. The number of aromatic nitrogens is 3. The zero-order valence-corrected chi connectivity index (χ0v) is 15.1. The van der Waals surface area contributed by atoms with E-state index in [9.17, 15) is 9.90 Å². The Morgan fingerprint density at radius 2 is 2.11 bits per heavy atom. The fraction of sp³-hybridized carbons (Fsp3) is 0.250. The summed E-state index contributed by atoms with van der Waals surface area (Å²) >= 11 is 0. The molecule has 1 aromatic carbocycles. The van der Waals surface area contributed by atoms with Gasteiger partial charge in [0.1, 0.15) is 5.75 Å². The normalized spacial score (nSPS) is 18.0. The summed E-state index contributed by atoms with van der Waals surface area (Å²) in [7, 11) is 2.05. The average Bonchev–Trinajstić information content (AvgIpc) is 3.11. The average molecular weight is 363 g/mol. The maximum Gasteiger partial charge on any atom is 0.246 e. The largest absolute Gasteiger partial charge is 0.507 e. The number of para-hydroxylation sites is 1. The minimum Gasteiger partial charge on any atom is -0.507 e. The number of carbonyl (C=O) groups is 1. The summed E-state index contributed by atoms with van der Waals surface area (Å²) in [6.45, 7) is 5.65. The second-order valence-electron chi connectivity index (χ2n) is 6.76. The number of carbonyl (C=O) groups excluding carboxylic acids is 1. The van der Waals surface area contributed by atoms with E-state index in [1.807, 2.05) is 36.2 Å². The van der Waals surface area contributed by atoms with E-state index in [0.29, 0.717) is 30.0 Å². The molecule has 1 aliphatic heterocycles. The van der Waals surface area contributed by atoms with Crippen molar-refractivity contribution >= 4 is 16.9 Å². The van der Waals surface area contributed by atoms with Gasteiger partial charge < -0.3 is 15.0 Å². The third kappa shape index (κ3) is 3.17. The number of nitrogens with zero attached hydrogens (tertiary/aromatic N) is 4. The fourth-order valence-electron chi connectivity index (χ4n) is 3.49. The minimum atomic E-state index is -0.0501. The number of piperazine rings is 1. The smallest absolute Gasteiger partial charge is 0.246 e. The highest BCUT2D eigenvalue weighted by molar-refractivity contribution is 5.87. The molecule has 1 atom stereocenters.